The van der Waals surface area contributed by atoms with Gasteiger partial charge in [0.05, 0.1) is 11.7 Å². The van der Waals surface area contributed by atoms with E-state index in [4.69, 9.17) is 0 Å². The van der Waals surface area contributed by atoms with Crippen LogP contribution >= 0.6 is 0 Å². The van der Waals surface area contributed by atoms with Crippen LogP contribution < -0.4 is 0 Å². The van der Waals surface area contributed by atoms with Crippen LogP contribution in [0.2, 0.25) is 0 Å². The van der Waals surface area contributed by atoms with E-state index in [9.17, 15) is 4.79 Å². The standard InChI is InChI=1S/C18H20N6O/c1-13-3-5-15(6-4-13)24-14(2)9-17(21-24)18(25)22-8-7-16(10-22)23-12-19-11-20-23/h3-6,9,11-12,16H,7-8,10H2,1-2H3. The second-order valence-corrected chi connectivity index (χ2v) is 6.49. The van der Waals surface area contributed by atoms with Gasteiger partial charge in [0, 0.05) is 18.8 Å². The molecule has 0 N–H and O–H groups in total. The SMILES string of the molecule is Cc1ccc(-n2nc(C(=O)N3CCC(n4cncn4)C3)cc2C)cc1. The third kappa shape index (κ3) is 2.93. The minimum Gasteiger partial charge on any atom is -0.335 e. The van der Waals surface area contributed by atoms with Gasteiger partial charge < -0.3 is 4.90 Å². The molecule has 0 bridgehead atoms. The van der Waals surface area contributed by atoms with E-state index in [1.807, 2.05) is 58.4 Å². The van der Waals surface area contributed by atoms with Gasteiger partial charge in [-0.1, -0.05) is 17.7 Å². The minimum absolute atomic E-state index is 0.0309. The maximum absolute atomic E-state index is 12.8. The summed E-state index contributed by atoms with van der Waals surface area (Å²) in [5.41, 5.74) is 3.58. The molecular formula is C18H20N6O. The van der Waals surface area contributed by atoms with Gasteiger partial charge >= 0.3 is 0 Å². The van der Waals surface area contributed by atoms with Gasteiger partial charge in [0.2, 0.25) is 0 Å². The molecule has 1 aromatic carbocycles. The van der Waals surface area contributed by atoms with E-state index < -0.39 is 0 Å². The second kappa shape index (κ2) is 6.16. The number of hydrogen-bond acceptors (Lipinski definition) is 4. The van der Waals surface area contributed by atoms with E-state index in [2.05, 4.69) is 15.2 Å². The van der Waals surface area contributed by atoms with Crippen molar-refractivity contribution in [3.05, 3.63) is 59.9 Å². The van der Waals surface area contributed by atoms with Gasteiger partial charge in [0.1, 0.15) is 12.7 Å². The second-order valence-electron chi connectivity index (χ2n) is 6.49. The number of carbonyl (C=O) groups excluding carboxylic acids is 1. The summed E-state index contributed by atoms with van der Waals surface area (Å²) in [5.74, 6) is -0.0309. The fourth-order valence-electron chi connectivity index (χ4n) is 3.24. The number of aryl methyl sites for hydroxylation is 2. The topological polar surface area (TPSA) is 68.8 Å². The van der Waals surface area contributed by atoms with Crippen LogP contribution in [0.1, 0.15) is 34.2 Å². The number of rotatable bonds is 3. The Hall–Kier alpha value is -2.96. The first-order chi connectivity index (χ1) is 12.1. The Kier molecular flexibility index (Phi) is 3.83. The Bertz CT molecular complexity index is 881. The summed E-state index contributed by atoms with van der Waals surface area (Å²) in [6.45, 7) is 5.36. The number of aromatic nitrogens is 5. The number of benzene rings is 1. The predicted molar refractivity (Wildman–Crippen MR) is 92.6 cm³/mol. The van der Waals surface area contributed by atoms with Gasteiger partial charge in [-0.3, -0.25) is 4.79 Å². The Balaban J connectivity index is 1.53. The zero-order valence-electron chi connectivity index (χ0n) is 14.3. The van der Waals surface area contributed by atoms with Crippen molar-refractivity contribution in [2.45, 2.75) is 26.3 Å². The van der Waals surface area contributed by atoms with Crippen molar-refractivity contribution in [3.63, 3.8) is 0 Å². The minimum atomic E-state index is -0.0309. The number of hydrogen-bond donors (Lipinski definition) is 0. The lowest BCUT2D eigenvalue weighted by Crippen LogP contribution is -2.29. The average molecular weight is 336 g/mol. The number of likely N-dealkylation sites (tertiary alicyclic amines) is 1. The Morgan fingerprint density at radius 3 is 2.72 bits per heavy atom. The highest BCUT2D eigenvalue weighted by Gasteiger charge is 2.30. The van der Waals surface area contributed by atoms with Gasteiger partial charge in [-0.2, -0.15) is 10.2 Å². The lowest BCUT2D eigenvalue weighted by molar-refractivity contribution is 0.0780. The molecule has 7 heteroatoms. The molecule has 1 fully saturated rings. The van der Waals surface area contributed by atoms with Crippen molar-refractivity contribution in [1.82, 2.24) is 29.4 Å². The molecule has 1 aliphatic rings. The molecule has 25 heavy (non-hydrogen) atoms. The molecule has 0 aliphatic carbocycles. The molecule has 128 valence electrons. The maximum atomic E-state index is 12.8. The molecule has 3 heterocycles. The zero-order chi connectivity index (χ0) is 17.4. The molecule has 1 atom stereocenters. The summed E-state index contributed by atoms with van der Waals surface area (Å²) in [4.78, 5) is 18.6. The smallest absolute Gasteiger partial charge is 0.274 e. The van der Waals surface area contributed by atoms with Crippen molar-refractivity contribution in [2.24, 2.45) is 0 Å². The van der Waals surface area contributed by atoms with E-state index in [-0.39, 0.29) is 11.9 Å². The van der Waals surface area contributed by atoms with Crippen molar-refractivity contribution < 1.29 is 4.79 Å². The summed E-state index contributed by atoms with van der Waals surface area (Å²) in [6, 6.07) is 10.2. The van der Waals surface area contributed by atoms with Crippen LogP contribution in [-0.2, 0) is 0 Å². The molecule has 1 amide bonds. The van der Waals surface area contributed by atoms with Gasteiger partial charge in [-0.05, 0) is 38.5 Å². The first-order valence-corrected chi connectivity index (χ1v) is 8.39. The molecule has 0 saturated carbocycles. The number of nitrogens with zero attached hydrogens (tertiary/aromatic N) is 6. The predicted octanol–water partition coefficient (Wildman–Crippen LogP) is 2.17. The normalized spacial score (nSPS) is 17.2. The first kappa shape index (κ1) is 15.6. The van der Waals surface area contributed by atoms with Crippen LogP contribution in [0.15, 0.2) is 43.0 Å². The lowest BCUT2D eigenvalue weighted by Gasteiger charge is -2.15. The molecule has 0 spiro atoms. The van der Waals surface area contributed by atoms with Gasteiger partial charge in [-0.25, -0.2) is 14.3 Å². The summed E-state index contributed by atoms with van der Waals surface area (Å²) in [6.07, 6.45) is 4.11. The highest BCUT2D eigenvalue weighted by atomic mass is 16.2. The van der Waals surface area contributed by atoms with E-state index in [0.717, 1.165) is 17.8 Å². The summed E-state index contributed by atoms with van der Waals surface area (Å²) < 4.78 is 3.64. The number of carbonyl (C=O) groups is 1. The highest BCUT2D eigenvalue weighted by Crippen LogP contribution is 2.22. The summed E-state index contributed by atoms with van der Waals surface area (Å²) in [5, 5.41) is 8.71. The van der Waals surface area contributed by atoms with Crippen LogP contribution in [0.25, 0.3) is 5.69 Å². The Morgan fingerprint density at radius 1 is 1.20 bits per heavy atom. The summed E-state index contributed by atoms with van der Waals surface area (Å²) >= 11 is 0. The molecule has 4 rings (SSSR count). The molecule has 7 nitrogen and oxygen atoms in total. The quantitative estimate of drug-likeness (QED) is 0.735. The molecule has 0 radical (unpaired) electrons. The molecule has 1 saturated heterocycles. The summed E-state index contributed by atoms with van der Waals surface area (Å²) in [7, 11) is 0. The lowest BCUT2D eigenvalue weighted by atomic mass is 10.2. The molecule has 2 aromatic heterocycles. The van der Waals surface area contributed by atoms with Gasteiger partial charge in [0.15, 0.2) is 5.69 Å². The highest BCUT2D eigenvalue weighted by molar-refractivity contribution is 5.92. The number of amides is 1. The van der Waals surface area contributed by atoms with E-state index >= 15 is 0 Å². The van der Waals surface area contributed by atoms with Crippen LogP contribution in [0.4, 0.5) is 0 Å². The molecule has 3 aromatic rings. The van der Waals surface area contributed by atoms with Gasteiger partial charge in [0.25, 0.3) is 5.91 Å². The van der Waals surface area contributed by atoms with Crippen LogP contribution in [0.3, 0.4) is 0 Å². The van der Waals surface area contributed by atoms with Crippen molar-refractivity contribution in [1.29, 1.82) is 0 Å². The van der Waals surface area contributed by atoms with Crippen LogP contribution in [0, 0.1) is 13.8 Å². The van der Waals surface area contributed by atoms with Gasteiger partial charge in [-0.15, -0.1) is 0 Å². The molecule has 1 unspecified atom stereocenters. The Labute approximate surface area is 145 Å². The maximum Gasteiger partial charge on any atom is 0.274 e. The van der Waals surface area contributed by atoms with Crippen molar-refractivity contribution in [3.8, 4) is 5.69 Å². The largest absolute Gasteiger partial charge is 0.335 e. The van der Waals surface area contributed by atoms with Crippen molar-refractivity contribution >= 4 is 5.91 Å². The third-order valence-electron chi connectivity index (χ3n) is 4.65. The van der Waals surface area contributed by atoms with Crippen LogP contribution in [0.5, 0.6) is 0 Å². The fourth-order valence-corrected chi connectivity index (χ4v) is 3.24. The fraction of sp³-hybridized carbons (Fsp3) is 0.333. The van der Waals surface area contributed by atoms with E-state index in [0.29, 0.717) is 18.8 Å². The van der Waals surface area contributed by atoms with Crippen LogP contribution in [-0.4, -0.2) is 48.4 Å². The molecule has 1 aliphatic heterocycles. The van der Waals surface area contributed by atoms with Crippen molar-refractivity contribution in [2.75, 3.05) is 13.1 Å². The average Bonchev–Trinajstić information content (AvgIpc) is 3.35. The Morgan fingerprint density at radius 2 is 2.00 bits per heavy atom. The molecular weight excluding hydrogens is 316 g/mol. The zero-order valence-corrected chi connectivity index (χ0v) is 14.3. The van der Waals surface area contributed by atoms with E-state index in [1.54, 1.807) is 6.33 Å². The third-order valence-corrected chi connectivity index (χ3v) is 4.65. The monoisotopic (exact) mass is 336 g/mol. The van der Waals surface area contributed by atoms with E-state index in [1.165, 1.54) is 11.9 Å². The first-order valence-electron chi connectivity index (χ1n) is 8.39.